The van der Waals surface area contributed by atoms with E-state index in [-0.39, 0.29) is 6.54 Å². The summed E-state index contributed by atoms with van der Waals surface area (Å²) in [5.41, 5.74) is 6.32. The second-order valence-electron chi connectivity index (χ2n) is 3.58. The van der Waals surface area contributed by atoms with Crippen molar-refractivity contribution in [1.29, 1.82) is 0 Å². The Bertz CT molecular complexity index is 334. The molecule has 4 N–H and O–H groups in total. The van der Waals surface area contributed by atoms with Crippen molar-refractivity contribution in [2.45, 2.75) is 12.5 Å². The van der Waals surface area contributed by atoms with Crippen LogP contribution in [0.1, 0.15) is 5.56 Å². The summed E-state index contributed by atoms with van der Waals surface area (Å²) in [6.07, 6.45) is 0.313. The van der Waals surface area contributed by atoms with Crippen molar-refractivity contribution in [2.24, 2.45) is 5.73 Å². The number of nitrogens with one attached hydrogen (secondary N) is 1. The van der Waals surface area contributed by atoms with Crippen LogP contribution in [0, 0.1) is 0 Å². The van der Waals surface area contributed by atoms with Crippen LogP contribution in [0.5, 0.6) is 0 Å². The van der Waals surface area contributed by atoms with Crippen LogP contribution in [0.4, 0.5) is 0 Å². The highest BCUT2D eigenvalue weighted by molar-refractivity contribution is 6.35. The molecule has 0 spiro atoms. The molecule has 0 saturated heterocycles. The lowest BCUT2D eigenvalue weighted by molar-refractivity contribution is 0.180. The Morgan fingerprint density at radius 3 is 2.75 bits per heavy atom. The lowest BCUT2D eigenvalue weighted by atomic mass is 10.1. The van der Waals surface area contributed by atoms with E-state index in [1.54, 1.807) is 6.07 Å². The van der Waals surface area contributed by atoms with Crippen molar-refractivity contribution in [3.05, 3.63) is 33.8 Å². The molecule has 1 rings (SSSR count). The number of rotatable bonds is 6. The van der Waals surface area contributed by atoms with Crippen LogP contribution in [0.2, 0.25) is 10.0 Å². The first kappa shape index (κ1) is 13.7. The average Bonchev–Trinajstić information content (AvgIpc) is 2.26. The van der Waals surface area contributed by atoms with E-state index < -0.39 is 6.10 Å². The molecule has 1 aromatic rings. The van der Waals surface area contributed by atoms with Gasteiger partial charge in [-0.25, -0.2) is 0 Å². The van der Waals surface area contributed by atoms with Crippen molar-refractivity contribution in [2.75, 3.05) is 19.6 Å². The first-order valence-electron chi connectivity index (χ1n) is 5.16. The van der Waals surface area contributed by atoms with Gasteiger partial charge in [-0.15, -0.1) is 0 Å². The normalized spacial score (nSPS) is 12.8. The van der Waals surface area contributed by atoms with Gasteiger partial charge in [0.15, 0.2) is 0 Å². The topological polar surface area (TPSA) is 58.3 Å². The van der Waals surface area contributed by atoms with Crippen LogP contribution in [-0.4, -0.2) is 30.8 Å². The summed E-state index contributed by atoms with van der Waals surface area (Å²) in [4.78, 5) is 0. The zero-order valence-corrected chi connectivity index (χ0v) is 10.4. The highest BCUT2D eigenvalue weighted by Crippen LogP contribution is 2.20. The van der Waals surface area contributed by atoms with E-state index in [0.29, 0.717) is 16.6 Å². The quantitative estimate of drug-likeness (QED) is 0.681. The Morgan fingerprint density at radius 2 is 2.12 bits per heavy atom. The molecule has 90 valence electrons. The van der Waals surface area contributed by atoms with Gasteiger partial charge in [-0.3, -0.25) is 0 Å². The van der Waals surface area contributed by atoms with Crippen LogP contribution in [-0.2, 0) is 6.42 Å². The fraction of sp³-hybridized carbons (Fsp3) is 0.455. The lowest BCUT2D eigenvalue weighted by Crippen LogP contribution is -2.33. The van der Waals surface area contributed by atoms with E-state index in [1.165, 1.54) is 0 Å². The summed E-state index contributed by atoms with van der Waals surface area (Å²) < 4.78 is 0. The van der Waals surface area contributed by atoms with Gasteiger partial charge in [-0.2, -0.15) is 0 Å². The molecule has 0 fully saturated rings. The Labute approximate surface area is 106 Å². The van der Waals surface area contributed by atoms with E-state index in [1.807, 2.05) is 12.1 Å². The third-order valence-corrected chi connectivity index (χ3v) is 2.83. The highest BCUT2D eigenvalue weighted by Gasteiger charge is 2.02. The number of hydrogen-bond acceptors (Lipinski definition) is 3. The van der Waals surface area contributed by atoms with Crippen molar-refractivity contribution in [3.63, 3.8) is 0 Å². The van der Waals surface area contributed by atoms with E-state index in [0.717, 1.165) is 18.5 Å². The highest BCUT2D eigenvalue weighted by atomic mass is 35.5. The molecule has 0 aliphatic rings. The van der Waals surface area contributed by atoms with Gasteiger partial charge in [0, 0.05) is 23.1 Å². The van der Waals surface area contributed by atoms with Crippen molar-refractivity contribution >= 4 is 23.2 Å². The molecular weight excluding hydrogens is 247 g/mol. The molecule has 0 aliphatic carbocycles. The SMILES string of the molecule is NCC(O)CNCCc1ccc(Cl)cc1Cl. The van der Waals surface area contributed by atoms with E-state index >= 15 is 0 Å². The van der Waals surface area contributed by atoms with Gasteiger partial charge in [0.05, 0.1) is 6.10 Å². The van der Waals surface area contributed by atoms with Crippen molar-refractivity contribution in [1.82, 2.24) is 5.32 Å². The molecule has 0 radical (unpaired) electrons. The summed E-state index contributed by atoms with van der Waals surface area (Å²) in [5.74, 6) is 0. The molecule has 0 saturated carbocycles. The van der Waals surface area contributed by atoms with Crippen LogP contribution < -0.4 is 11.1 Å². The minimum absolute atomic E-state index is 0.273. The summed E-state index contributed by atoms with van der Waals surface area (Å²) in [6.45, 7) is 1.52. The molecule has 0 aliphatic heterocycles. The Balaban J connectivity index is 2.32. The second-order valence-corrected chi connectivity index (χ2v) is 4.42. The minimum atomic E-state index is -0.485. The number of halogens is 2. The van der Waals surface area contributed by atoms with Crippen LogP contribution in [0.25, 0.3) is 0 Å². The third kappa shape index (κ3) is 4.68. The molecule has 1 aromatic carbocycles. The molecule has 0 bridgehead atoms. The van der Waals surface area contributed by atoms with Crippen LogP contribution >= 0.6 is 23.2 Å². The number of nitrogens with two attached hydrogens (primary N) is 1. The van der Waals surface area contributed by atoms with Gasteiger partial charge < -0.3 is 16.2 Å². The minimum Gasteiger partial charge on any atom is -0.390 e. The zero-order valence-electron chi connectivity index (χ0n) is 8.92. The maximum Gasteiger partial charge on any atom is 0.0786 e. The van der Waals surface area contributed by atoms with E-state index in [9.17, 15) is 5.11 Å². The fourth-order valence-electron chi connectivity index (χ4n) is 1.30. The fourth-order valence-corrected chi connectivity index (χ4v) is 1.80. The largest absolute Gasteiger partial charge is 0.390 e. The maximum absolute atomic E-state index is 9.22. The molecule has 16 heavy (non-hydrogen) atoms. The Hall–Kier alpha value is -0.320. The van der Waals surface area contributed by atoms with Crippen LogP contribution in [0.3, 0.4) is 0 Å². The Morgan fingerprint density at radius 1 is 1.38 bits per heavy atom. The molecule has 1 atom stereocenters. The van der Waals surface area contributed by atoms with Crippen molar-refractivity contribution < 1.29 is 5.11 Å². The lowest BCUT2D eigenvalue weighted by Gasteiger charge is -2.09. The standard InChI is InChI=1S/C11H16Cl2N2O/c12-9-2-1-8(11(13)5-9)3-4-15-7-10(16)6-14/h1-2,5,10,15-16H,3-4,6-7,14H2. The second kappa shape index (κ2) is 7.09. The van der Waals surface area contributed by atoms with Gasteiger partial charge in [0.25, 0.3) is 0 Å². The molecular formula is C11H16Cl2N2O. The Kier molecular flexibility index (Phi) is 6.09. The molecule has 3 nitrogen and oxygen atoms in total. The molecule has 5 heteroatoms. The monoisotopic (exact) mass is 262 g/mol. The van der Waals surface area contributed by atoms with E-state index in [2.05, 4.69) is 5.32 Å². The summed E-state index contributed by atoms with van der Waals surface area (Å²) >= 11 is 11.8. The number of benzene rings is 1. The first-order chi connectivity index (χ1) is 7.63. The maximum atomic E-state index is 9.22. The first-order valence-corrected chi connectivity index (χ1v) is 5.92. The van der Waals surface area contributed by atoms with E-state index in [4.69, 9.17) is 28.9 Å². The van der Waals surface area contributed by atoms with Gasteiger partial charge in [0.1, 0.15) is 0 Å². The van der Waals surface area contributed by atoms with Gasteiger partial charge in [-0.05, 0) is 30.7 Å². The summed E-state index contributed by atoms with van der Waals surface area (Å²) in [7, 11) is 0. The van der Waals surface area contributed by atoms with Crippen molar-refractivity contribution in [3.8, 4) is 0 Å². The predicted molar refractivity (Wildman–Crippen MR) is 68.1 cm³/mol. The smallest absolute Gasteiger partial charge is 0.0786 e. The number of aliphatic hydroxyl groups is 1. The molecule has 0 aromatic heterocycles. The van der Waals surface area contributed by atoms with Gasteiger partial charge in [-0.1, -0.05) is 29.3 Å². The predicted octanol–water partition coefficient (Wildman–Crippen LogP) is 1.45. The number of hydrogen-bond donors (Lipinski definition) is 3. The van der Waals surface area contributed by atoms with Gasteiger partial charge in [0.2, 0.25) is 0 Å². The third-order valence-electron chi connectivity index (χ3n) is 2.24. The van der Waals surface area contributed by atoms with Gasteiger partial charge >= 0.3 is 0 Å². The summed E-state index contributed by atoms with van der Waals surface area (Å²) in [6, 6.07) is 5.45. The zero-order chi connectivity index (χ0) is 12.0. The molecule has 0 amide bonds. The number of aliphatic hydroxyl groups excluding tert-OH is 1. The molecule has 1 unspecified atom stereocenters. The van der Waals surface area contributed by atoms with Crippen LogP contribution in [0.15, 0.2) is 18.2 Å². The summed E-state index contributed by atoms with van der Waals surface area (Å²) in [5, 5.41) is 13.6. The molecule has 0 heterocycles. The average molecular weight is 263 g/mol.